The summed E-state index contributed by atoms with van der Waals surface area (Å²) in [5.41, 5.74) is 1.65. The van der Waals surface area contributed by atoms with Gasteiger partial charge >= 0.3 is 0 Å². The SMILES string of the molecule is Cc1noc(CCCC(=O)N[C@@H]2c3cccc(F)c3CC[C@@H]2C)n1. The molecule has 6 heteroatoms. The zero-order valence-corrected chi connectivity index (χ0v) is 14.0. The molecule has 0 saturated heterocycles. The molecule has 0 radical (unpaired) electrons. The van der Waals surface area contributed by atoms with Crippen LogP contribution in [0.1, 0.15) is 55.1 Å². The van der Waals surface area contributed by atoms with Crippen molar-refractivity contribution < 1.29 is 13.7 Å². The van der Waals surface area contributed by atoms with E-state index in [0.717, 1.165) is 24.0 Å². The van der Waals surface area contributed by atoms with Gasteiger partial charge in [-0.1, -0.05) is 24.2 Å². The van der Waals surface area contributed by atoms with Crippen LogP contribution in [0.3, 0.4) is 0 Å². The van der Waals surface area contributed by atoms with Gasteiger partial charge < -0.3 is 9.84 Å². The van der Waals surface area contributed by atoms with Crippen molar-refractivity contribution in [1.82, 2.24) is 15.5 Å². The monoisotopic (exact) mass is 331 g/mol. The van der Waals surface area contributed by atoms with Gasteiger partial charge in [0.15, 0.2) is 5.82 Å². The van der Waals surface area contributed by atoms with Crippen molar-refractivity contribution in [3.8, 4) is 0 Å². The van der Waals surface area contributed by atoms with E-state index < -0.39 is 0 Å². The molecule has 2 aromatic rings. The predicted molar refractivity (Wildman–Crippen MR) is 86.7 cm³/mol. The Kier molecular flexibility index (Phi) is 4.92. The predicted octanol–water partition coefficient (Wildman–Crippen LogP) is 3.28. The van der Waals surface area contributed by atoms with E-state index >= 15 is 0 Å². The first-order valence-corrected chi connectivity index (χ1v) is 8.40. The Labute approximate surface area is 140 Å². The van der Waals surface area contributed by atoms with Crippen molar-refractivity contribution in [3.63, 3.8) is 0 Å². The zero-order valence-electron chi connectivity index (χ0n) is 14.0. The Morgan fingerprint density at radius 1 is 1.46 bits per heavy atom. The highest BCUT2D eigenvalue weighted by Crippen LogP contribution is 2.35. The Hall–Kier alpha value is -2.24. The summed E-state index contributed by atoms with van der Waals surface area (Å²) in [5.74, 6) is 1.25. The zero-order chi connectivity index (χ0) is 17.1. The molecular weight excluding hydrogens is 309 g/mol. The van der Waals surface area contributed by atoms with Crippen LogP contribution in [0.5, 0.6) is 0 Å². The quantitative estimate of drug-likeness (QED) is 0.913. The van der Waals surface area contributed by atoms with Crippen molar-refractivity contribution in [2.24, 2.45) is 5.92 Å². The van der Waals surface area contributed by atoms with Crippen LogP contribution in [0, 0.1) is 18.7 Å². The van der Waals surface area contributed by atoms with Crippen LogP contribution in [-0.4, -0.2) is 16.0 Å². The van der Waals surface area contributed by atoms with Crippen molar-refractivity contribution in [2.75, 3.05) is 0 Å². The van der Waals surface area contributed by atoms with E-state index in [-0.39, 0.29) is 17.8 Å². The highest BCUT2D eigenvalue weighted by Gasteiger charge is 2.29. The maximum atomic E-state index is 14.0. The van der Waals surface area contributed by atoms with Gasteiger partial charge in [-0.05, 0) is 49.3 Å². The van der Waals surface area contributed by atoms with E-state index in [0.29, 0.717) is 36.9 Å². The minimum Gasteiger partial charge on any atom is -0.349 e. The molecule has 24 heavy (non-hydrogen) atoms. The number of nitrogens with one attached hydrogen (secondary N) is 1. The fourth-order valence-corrected chi connectivity index (χ4v) is 3.28. The molecule has 0 bridgehead atoms. The average molecular weight is 331 g/mol. The van der Waals surface area contributed by atoms with Crippen LogP contribution in [0.15, 0.2) is 22.7 Å². The van der Waals surface area contributed by atoms with Gasteiger partial charge in [0.1, 0.15) is 5.82 Å². The molecule has 0 aliphatic heterocycles. The summed E-state index contributed by atoms with van der Waals surface area (Å²) < 4.78 is 19.0. The molecule has 5 nitrogen and oxygen atoms in total. The van der Waals surface area contributed by atoms with E-state index in [4.69, 9.17) is 4.52 Å². The van der Waals surface area contributed by atoms with Gasteiger partial charge in [-0.3, -0.25) is 4.79 Å². The molecule has 1 aromatic heterocycles. The van der Waals surface area contributed by atoms with E-state index in [2.05, 4.69) is 22.4 Å². The molecule has 3 rings (SSSR count). The number of rotatable bonds is 5. The highest BCUT2D eigenvalue weighted by molar-refractivity contribution is 5.76. The topological polar surface area (TPSA) is 68.0 Å². The molecule has 0 unspecified atom stereocenters. The number of benzene rings is 1. The molecule has 128 valence electrons. The summed E-state index contributed by atoms with van der Waals surface area (Å²) >= 11 is 0. The van der Waals surface area contributed by atoms with Gasteiger partial charge in [0.25, 0.3) is 0 Å². The van der Waals surface area contributed by atoms with Crippen molar-refractivity contribution >= 4 is 5.91 Å². The summed E-state index contributed by atoms with van der Waals surface area (Å²) in [4.78, 5) is 16.4. The van der Waals surface area contributed by atoms with Crippen LogP contribution < -0.4 is 5.32 Å². The Balaban J connectivity index is 1.59. The van der Waals surface area contributed by atoms with Gasteiger partial charge in [0.2, 0.25) is 11.8 Å². The van der Waals surface area contributed by atoms with Gasteiger partial charge in [0.05, 0.1) is 6.04 Å². The van der Waals surface area contributed by atoms with Crippen LogP contribution in [0.2, 0.25) is 0 Å². The largest absolute Gasteiger partial charge is 0.349 e. The third-order valence-corrected chi connectivity index (χ3v) is 4.59. The lowest BCUT2D eigenvalue weighted by Gasteiger charge is -2.32. The highest BCUT2D eigenvalue weighted by atomic mass is 19.1. The average Bonchev–Trinajstić information content (AvgIpc) is 2.96. The number of nitrogens with zero attached hydrogens (tertiary/aromatic N) is 2. The number of fused-ring (bicyclic) bond motifs is 1. The Bertz CT molecular complexity index is 729. The molecule has 0 fully saturated rings. The van der Waals surface area contributed by atoms with E-state index in [1.807, 2.05) is 6.07 Å². The van der Waals surface area contributed by atoms with Crippen LogP contribution in [0.4, 0.5) is 4.39 Å². The van der Waals surface area contributed by atoms with Gasteiger partial charge in [-0.25, -0.2) is 4.39 Å². The number of carbonyl (C=O) groups is 1. The van der Waals surface area contributed by atoms with Gasteiger partial charge in [-0.15, -0.1) is 0 Å². The minimum atomic E-state index is -0.176. The molecule has 0 spiro atoms. The van der Waals surface area contributed by atoms with Crippen LogP contribution in [-0.2, 0) is 17.6 Å². The molecule has 2 atom stereocenters. The lowest BCUT2D eigenvalue weighted by Crippen LogP contribution is -2.35. The maximum Gasteiger partial charge on any atom is 0.226 e. The number of hydrogen-bond acceptors (Lipinski definition) is 4. The third-order valence-electron chi connectivity index (χ3n) is 4.59. The van der Waals surface area contributed by atoms with Crippen molar-refractivity contribution in [1.29, 1.82) is 0 Å². The van der Waals surface area contributed by atoms with Gasteiger partial charge in [-0.2, -0.15) is 4.98 Å². The second kappa shape index (κ2) is 7.11. The number of amides is 1. The van der Waals surface area contributed by atoms with Crippen LogP contribution >= 0.6 is 0 Å². The molecule has 1 aromatic carbocycles. The standard InChI is InChI=1S/C18H22FN3O2/c1-11-9-10-13-14(5-3-6-15(13)19)18(11)21-16(23)7-4-8-17-20-12(2)22-24-17/h3,5-6,11,18H,4,7-10H2,1-2H3,(H,21,23)/t11-,18-/m0/s1. The second-order valence-corrected chi connectivity index (χ2v) is 6.46. The minimum absolute atomic E-state index is 0.0276. The Morgan fingerprint density at radius 3 is 3.04 bits per heavy atom. The molecule has 1 heterocycles. The van der Waals surface area contributed by atoms with E-state index in [1.165, 1.54) is 6.07 Å². The normalized spacial score (nSPS) is 19.8. The van der Waals surface area contributed by atoms with Crippen molar-refractivity contribution in [2.45, 2.75) is 52.0 Å². The fourth-order valence-electron chi connectivity index (χ4n) is 3.28. The number of hydrogen-bond donors (Lipinski definition) is 1. The second-order valence-electron chi connectivity index (χ2n) is 6.46. The molecule has 1 aliphatic carbocycles. The molecule has 0 saturated carbocycles. The smallest absolute Gasteiger partial charge is 0.226 e. The summed E-state index contributed by atoms with van der Waals surface area (Å²) in [7, 11) is 0. The van der Waals surface area contributed by atoms with Crippen molar-refractivity contribution in [3.05, 3.63) is 46.9 Å². The lowest BCUT2D eigenvalue weighted by molar-refractivity contribution is -0.122. The maximum absolute atomic E-state index is 14.0. The summed E-state index contributed by atoms with van der Waals surface area (Å²) in [6.45, 7) is 3.86. The lowest BCUT2D eigenvalue weighted by atomic mass is 9.80. The van der Waals surface area contributed by atoms with Gasteiger partial charge in [0, 0.05) is 12.8 Å². The first-order chi connectivity index (χ1) is 11.5. The molecular formula is C18H22FN3O2. The number of aromatic nitrogens is 2. The third kappa shape index (κ3) is 3.63. The summed E-state index contributed by atoms with van der Waals surface area (Å²) in [6, 6.07) is 4.99. The summed E-state index contributed by atoms with van der Waals surface area (Å²) in [6.07, 6.45) is 3.21. The van der Waals surface area contributed by atoms with E-state index in [9.17, 15) is 9.18 Å². The number of aryl methyl sites for hydroxylation is 2. The first-order valence-electron chi connectivity index (χ1n) is 8.40. The fraction of sp³-hybridized carbons (Fsp3) is 0.500. The molecule has 1 amide bonds. The van der Waals surface area contributed by atoms with Crippen LogP contribution in [0.25, 0.3) is 0 Å². The number of carbonyl (C=O) groups excluding carboxylic acids is 1. The Morgan fingerprint density at radius 2 is 2.29 bits per heavy atom. The first kappa shape index (κ1) is 16.6. The molecule has 1 aliphatic rings. The van der Waals surface area contributed by atoms with E-state index in [1.54, 1.807) is 13.0 Å². The summed E-state index contributed by atoms with van der Waals surface area (Å²) in [5, 5.41) is 6.80. The number of halogens is 1. The molecule has 1 N–H and O–H groups in total.